The zero-order chi connectivity index (χ0) is 14.7. The van der Waals surface area contributed by atoms with Crippen molar-refractivity contribution < 1.29 is 4.39 Å². The SMILES string of the molecule is CC1SCC(C(Cc2ccc(F)cc2Br)NN)SC1C. The van der Waals surface area contributed by atoms with Crippen molar-refractivity contribution in [3.8, 4) is 0 Å². The van der Waals surface area contributed by atoms with Crippen LogP contribution in [0.4, 0.5) is 4.39 Å². The van der Waals surface area contributed by atoms with Crippen LogP contribution in [0.15, 0.2) is 22.7 Å². The molecular weight excluding hydrogens is 359 g/mol. The van der Waals surface area contributed by atoms with Gasteiger partial charge >= 0.3 is 0 Å². The molecule has 0 radical (unpaired) electrons. The number of hydrogen-bond donors (Lipinski definition) is 2. The van der Waals surface area contributed by atoms with Gasteiger partial charge in [-0.15, -0.1) is 0 Å². The number of nitrogens with one attached hydrogen (secondary N) is 1. The number of halogens is 2. The minimum absolute atomic E-state index is 0.198. The molecule has 0 amide bonds. The molecule has 0 bridgehead atoms. The summed E-state index contributed by atoms with van der Waals surface area (Å²) in [5.74, 6) is 6.63. The molecule has 1 saturated heterocycles. The van der Waals surface area contributed by atoms with Crippen molar-refractivity contribution in [3.63, 3.8) is 0 Å². The predicted octanol–water partition coefficient (Wildman–Crippen LogP) is 3.59. The van der Waals surface area contributed by atoms with Crippen LogP contribution in [-0.4, -0.2) is 27.5 Å². The lowest BCUT2D eigenvalue weighted by atomic mass is 10.0. The number of hydrogen-bond acceptors (Lipinski definition) is 4. The molecule has 1 aliphatic rings. The summed E-state index contributed by atoms with van der Waals surface area (Å²) in [6.07, 6.45) is 0.802. The molecule has 1 fully saturated rings. The summed E-state index contributed by atoms with van der Waals surface area (Å²) in [4.78, 5) is 0. The van der Waals surface area contributed by atoms with E-state index in [0.29, 0.717) is 15.7 Å². The molecule has 4 unspecified atom stereocenters. The molecule has 0 aliphatic carbocycles. The van der Waals surface area contributed by atoms with Gasteiger partial charge in [0.05, 0.1) is 0 Å². The summed E-state index contributed by atoms with van der Waals surface area (Å²) in [5.41, 5.74) is 4.04. The maximum atomic E-state index is 13.1. The standard InChI is InChI=1S/C14H20BrFN2S2/c1-8-9(2)20-14(7-19-8)13(18-17)5-10-3-4-11(16)6-12(10)15/h3-4,6,8-9,13-14,18H,5,7,17H2,1-2H3. The van der Waals surface area contributed by atoms with E-state index in [1.165, 1.54) is 12.1 Å². The second-order valence-corrected chi connectivity index (χ2v) is 9.02. The first kappa shape index (κ1) is 16.6. The quantitative estimate of drug-likeness (QED) is 0.620. The topological polar surface area (TPSA) is 38.0 Å². The molecule has 1 aliphatic heterocycles. The Hall–Kier alpha value is 0.250. The van der Waals surface area contributed by atoms with E-state index in [-0.39, 0.29) is 11.9 Å². The Labute approximate surface area is 136 Å². The first-order chi connectivity index (χ1) is 9.51. The molecule has 1 heterocycles. The molecule has 1 aromatic carbocycles. The summed E-state index contributed by atoms with van der Waals surface area (Å²) in [7, 11) is 0. The molecule has 3 N–H and O–H groups in total. The average Bonchev–Trinajstić information content (AvgIpc) is 2.41. The highest BCUT2D eigenvalue weighted by atomic mass is 79.9. The second-order valence-electron chi connectivity index (χ2n) is 5.13. The molecule has 0 saturated carbocycles. The Kier molecular flexibility index (Phi) is 6.23. The molecule has 0 spiro atoms. The van der Waals surface area contributed by atoms with Gasteiger partial charge in [0.25, 0.3) is 0 Å². The lowest BCUT2D eigenvalue weighted by molar-refractivity contribution is 0.519. The van der Waals surface area contributed by atoms with Crippen molar-refractivity contribution in [1.29, 1.82) is 0 Å². The van der Waals surface area contributed by atoms with E-state index < -0.39 is 0 Å². The molecular formula is C14H20BrFN2S2. The van der Waals surface area contributed by atoms with Gasteiger partial charge in [-0.3, -0.25) is 11.3 Å². The Bertz CT molecular complexity index is 461. The van der Waals surface area contributed by atoms with Crippen LogP contribution in [0, 0.1) is 5.82 Å². The van der Waals surface area contributed by atoms with Crippen LogP contribution in [0.1, 0.15) is 19.4 Å². The summed E-state index contributed by atoms with van der Waals surface area (Å²) >= 11 is 7.44. The van der Waals surface area contributed by atoms with Crippen molar-refractivity contribution in [2.75, 3.05) is 5.75 Å². The number of benzene rings is 1. The molecule has 6 heteroatoms. The highest BCUT2D eigenvalue weighted by Crippen LogP contribution is 2.37. The maximum Gasteiger partial charge on any atom is 0.124 e. The minimum atomic E-state index is -0.220. The lowest BCUT2D eigenvalue weighted by Crippen LogP contribution is -2.47. The van der Waals surface area contributed by atoms with Crippen molar-refractivity contribution in [2.45, 2.75) is 42.1 Å². The van der Waals surface area contributed by atoms with Gasteiger partial charge in [0.1, 0.15) is 5.82 Å². The third-order valence-corrected chi connectivity index (χ3v) is 7.98. The van der Waals surface area contributed by atoms with Crippen molar-refractivity contribution in [2.24, 2.45) is 5.84 Å². The van der Waals surface area contributed by atoms with E-state index in [0.717, 1.165) is 22.2 Å². The molecule has 20 heavy (non-hydrogen) atoms. The predicted molar refractivity (Wildman–Crippen MR) is 91.7 cm³/mol. The Morgan fingerprint density at radius 3 is 2.80 bits per heavy atom. The zero-order valence-corrected chi connectivity index (χ0v) is 14.8. The second kappa shape index (κ2) is 7.49. The summed E-state index contributed by atoms with van der Waals surface area (Å²) in [5, 5.41) is 1.80. The number of nitrogens with two attached hydrogens (primary N) is 1. The fourth-order valence-electron chi connectivity index (χ4n) is 2.24. The van der Waals surface area contributed by atoms with E-state index in [2.05, 4.69) is 35.2 Å². The smallest absolute Gasteiger partial charge is 0.124 e. The van der Waals surface area contributed by atoms with Crippen molar-refractivity contribution >= 4 is 39.5 Å². The number of thioether (sulfide) groups is 2. The molecule has 2 rings (SSSR count). The average molecular weight is 379 g/mol. The number of rotatable bonds is 4. The van der Waals surface area contributed by atoms with Crippen molar-refractivity contribution in [3.05, 3.63) is 34.1 Å². The Balaban J connectivity index is 2.05. The minimum Gasteiger partial charge on any atom is -0.271 e. The lowest BCUT2D eigenvalue weighted by Gasteiger charge is -2.35. The van der Waals surface area contributed by atoms with Crippen LogP contribution in [0.3, 0.4) is 0 Å². The third-order valence-electron chi connectivity index (χ3n) is 3.69. The highest BCUT2D eigenvalue weighted by molar-refractivity contribution is 9.10. The molecule has 1 aromatic rings. The van der Waals surface area contributed by atoms with Crippen LogP contribution in [-0.2, 0) is 6.42 Å². The molecule has 2 nitrogen and oxygen atoms in total. The van der Waals surface area contributed by atoms with Gasteiger partial charge in [-0.25, -0.2) is 4.39 Å². The molecule has 112 valence electrons. The van der Waals surface area contributed by atoms with Gasteiger partial charge in [-0.2, -0.15) is 23.5 Å². The molecule has 0 aromatic heterocycles. The fourth-order valence-corrected chi connectivity index (χ4v) is 5.87. The van der Waals surface area contributed by atoms with Gasteiger partial charge in [-0.1, -0.05) is 35.8 Å². The third kappa shape index (κ3) is 4.13. The maximum absolute atomic E-state index is 13.1. The van der Waals surface area contributed by atoms with E-state index >= 15 is 0 Å². The van der Waals surface area contributed by atoms with Crippen LogP contribution in [0.5, 0.6) is 0 Å². The van der Waals surface area contributed by atoms with E-state index in [1.54, 1.807) is 0 Å². The van der Waals surface area contributed by atoms with Gasteiger partial charge < -0.3 is 0 Å². The summed E-state index contributed by atoms with van der Waals surface area (Å²) in [6, 6.07) is 5.04. The van der Waals surface area contributed by atoms with Crippen LogP contribution >= 0.6 is 39.5 Å². The Morgan fingerprint density at radius 2 is 2.20 bits per heavy atom. The van der Waals surface area contributed by atoms with Gasteiger partial charge in [0.15, 0.2) is 0 Å². The highest BCUT2D eigenvalue weighted by Gasteiger charge is 2.31. The van der Waals surface area contributed by atoms with Gasteiger partial charge in [-0.05, 0) is 24.1 Å². The van der Waals surface area contributed by atoms with Crippen LogP contribution in [0.2, 0.25) is 0 Å². The largest absolute Gasteiger partial charge is 0.271 e. The Morgan fingerprint density at radius 1 is 1.45 bits per heavy atom. The monoisotopic (exact) mass is 378 g/mol. The van der Waals surface area contributed by atoms with Gasteiger partial charge in [0.2, 0.25) is 0 Å². The van der Waals surface area contributed by atoms with E-state index in [9.17, 15) is 4.39 Å². The van der Waals surface area contributed by atoms with Crippen LogP contribution in [0.25, 0.3) is 0 Å². The summed E-state index contributed by atoms with van der Waals surface area (Å²) < 4.78 is 14.0. The van der Waals surface area contributed by atoms with Crippen LogP contribution < -0.4 is 11.3 Å². The fraction of sp³-hybridized carbons (Fsp3) is 0.571. The molecule has 4 atom stereocenters. The summed E-state index contributed by atoms with van der Waals surface area (Å²) in [6.45, 7) is 4.55. The first-order valence-electron chi connectivity index (χ1n) is 6.68. The van der Waals surface area contributed by atoms with Gasteiger partial charge in [0, 0.05) is 32.0 Å². The van der Waals surface area contributed by atoms with E-state index in [4.69, 9.17) is 5.84 Å². The van der Waals surface area contributed by atoms with E-state index in [1.807, 2.05) is 29.6 Å². The van der Waals surface area contributed by atoms with Crippen molar-refractivity contribution in [1.82, 2.24) is 5.43 Å². The number of hydrazine groups is 1. The normalized spacial score (nSPS) is 28.4. The first-order valence-corrected chi connectivity index (χ1v) is 9.47. The zero-order valence-electron chi connectivity index (χ0n) is 11.6.